The fourth-order valence-corrected chi connectivity index (χ4v) is 2.44. The molecule has 0 aromatic heterocycles. The van der Waals surface area contributed by atoms with Gasteiger partial charge >= 0.3 is 0 Å². The third kappa shape index (κ3) is 3.15. The maximum absolute atomic E-state index is 12.1. The second kappa shape index (κ2) is 5.74. The van der Waals surface area contributed by atoms with Gasteiger partial charge in [-0.25, -0.2) is 0 Å². The minimum atomic E-state index is -0.715. The van der Waals surface area contributed by atoms with Crippen LogP contribution in [-0.2, 0) is 4.79 Å². The van der Waals surface area contributed by atoms with Crippen molar-refractivity contribution in [3.63, 3.8) is 0 Å². The number of hydrogen-bond donors (Lipinski definition) is 2. The zero-order valence-corrected chi connectivity index (χ0v) is 11.4. The lowest BCUT2D eigenvalue weighted by molar-refractivity contribution is -0.114. The van der Waals surface area contributed by atoms with Crippen LogP contribution in [0.5, 0.6) is 0 Å². The molecule has 0 heterocycles. The number of nitrogens with zero attached hydrogens (tertiary/aromatic N) is 1. The van der Waals surface area contributed by atoms with Crippen LogP contribution in [-0.4, -0.2) is 17.4 Å². The van der Waals surface area contributed by atoms with Gasteiger partial charge in [-0.1, -0.05) is 0 Å². The van der Waals surface area contributed by atoms with Crippen LogP contribution >= 0.6 is 0 Å². The molecule has 0 saturated heterocycles. The van der Waals surface area contributed by atoms with Gasteiger partial charge in [-0.3, -0.25) is 9.59 Å². The van der Waals surface area contributed by atoms with Crippen LogP contribution in [0, 0.1) is 11.3 Å². The highest BCUT2D eigenvalue weighted by molar-refractivity contribution is 5.96. The number of nitrogens with one attached hydrogen (secondary N) is 2. The van der Waals surface area contributed by atoms with Gasteiger partial charge < -0.3 is 10.6 Å². The van der Waals surface area contributed by atoms with Gasteiger partial charge in [0.15, 0.2) is 0 Å². The maximum atomic E-state index is 12.1. The Morgan fingerprint density at radius 1 is 1.20 bits per heavy atom. The second-order valence-electron chi connectivity index (χ2n) is 5.11. The first-order valence-corrected chi connectivity index (χ1v) is 6.66. The molecule has 1 fully saturated rings. The van der Waals surface area contributed by atoms with Gasteiger partial charge in [0.2, 0.25) is 5.91 Å². The summed E-state index contributed by atoms with van der Waals surface area (Å²) in [5, 5.41) is 14.7. The highest BCUT2D eigenvalue weighted by atomic mass is 16.2. The average molecular weight is 271 g/mol. The number of hydrogen-bond acceptors (Lipinski definition) is 3. The highest BCUT2D eigenvalue weighted by Gasteiger charge is 2.35. The molecule has 0 radical (unpaired) electrons. The van der Waals surface area contributed by atoms with E-state index in [-0.39, 0.29) is 11.8 Å². The van der Waals surface area contributed by atoms with Gasteiger partial charge in [-0.15, -0.1) is 0 Å². The molecular weight excluding hydrogens is 254 g/mol. The van der Waals surface area contributed by atoms with Crippen molar-refractivity contribution in [1.82, 2.24) is 5.32 Å². The lowest BCUT2D eigenvalue weighted by Gasteiger charge is -2.22. The van der Waals surface area contributed by atoms with Crippen molar-refractivity contribution in [3.8, 4) is 6.07 Å². The predicted octanol–water partition coefficient (Wildman–Crippen LogP) is 2.21. The average Bonchev–Trinajstić information content (AvgIpc) is 2.88. The van der Waals surface area contributed by atoms with Crippen LogP contribution < -0.4 is 10.6 Å². The van der Waals surface area contributed by atoms with Gasteiger partial charge in [0.05, 0.1) is 6.07 Å². The lowest BCUT2D eigenvalue weighted by Crippen LogP contribution is -2.45. The van der Waals surface area contributed by atoms with E-state index in [2.05, 4.69) is 16.7 Å². The third-order valence-corrected chi connectivity index (χ3v) is 3.49. The summed E-state index contributed by atoms with van der Waals surface area (Å²) in [5.74, 6) is -0.403. The number of benzene rings is 1. The zero-order valence-electron chi connectivity index (χ0n) is 11.4. The molecule has 1 aromatic rings. The first-order valence-electron chi connectivity index (χ1n) is 6.66. The zero-order chi connectivity index (χ0) is 14.6. The van der Waals surface area contributed by atoms with Gasteiger partial charge in [-0.05, 0) is 49.9 Å². The molecule has 104 valence electrons. The summed E-state index contributed by atoms with van der Waals surface area (Å²) in [4.78, 5) is 23.1. The van der Waals surface area contributed by atoms with Crippen molar-refractivity contribution in [2.24, 2.45) is 0 Å². The number of carbonyl (C=O) groups excluding carboxylic acids is 2. The topological polar surface area (TPSA) is 82.0 Å². The molecule has 0 unspecified atom stereocenters. The Labute approximate surface area is 118 Å². The van der Waals surface area contributed by atoms with Crippen molar-refractivity contribution in [2.75, 3.05) is 5.32 Å². The molecule has 2 rings (SSSR count). The molecule has 5 heteroatoms. The van der Waals surface area contributed by atoms with E-state index in [1.54, 1.807) is 24.3 Å². The van der Waals surface area contributed by atoms with Crippen LogP contribution in [0.4, 0.5) is 5.69 Å². The van der Waals surface area contributed by atoms with Crippen molar-refractivity contribution < 1.29 is 9.59 Å². The Morgan fingerprint density at radius 3 is 2.30 bits per heavy atom. The SMILES string of the molecule is CC(=O)Nc1ccc(C(=O)NC2(C#N)CCCC2)cc1. The summed E-state index contributed by atoms with van der Waals surface area (Å²) in [6, 6.07) is 8.85. The van der Waals surface area contributed by atoms with Crippen molar-refractivity contribution in [2.45, 2.75) is 38.1 Å². The molecule has 2 N–H and O–H groups in total. The van der Waals surface area contributed by atoms with Gasteiger partial charge in [0.1, 0.15) is 5.54 Å². The maximum Gasteiger partial charge on any atom is 0.252 e. The van der Waals surface area contributed by atoms with E-state index >= 15 is 0 Å². The number of amides is 2. The molecule has 1 aliphatic carbocycles. The second-order valence-corrected chi connectivity index (χ2v) is 5.11. The monoisotopic (exact) mass is 271 g/mol. The Morgan fingerprint density at radius 2 is 1.80 bits per heavy atom. The Hall–Kier alpha value is -2.35. The van der Waals surface area contributed by atoms with Crippen molar-refractivity contribution in [1.29, 1.82) is 5.26 Å². The van der Waals surface area contributed by atoms with Gasteiger partial charge in [-0.2, -0.15) is 5.26 Å². The Kier molecular flexibility index (Phi) is 4.04. The van der Waals surface area contributed by atoms with E-state index in [1.807, 2.05) is 0 Å². The van der Waals surface area contributed by atoms with E-state index in [0.717, 1.165) is 12.8 Å². The molecule has 1 aliphatic rings. The Balaban J connectivity index is 2.06. The van der Waals surface area contributed by atoms with Gasteiger partial charge in [0, 0.05) is 18.2 Å². The van der Waals surface area contributed by atoms with Gasteiger partial charge in [0.25, 0.3) is 5.91 Å². The minimum absolute atomic E-state index is 0.156. The molecule has 2 amide bonds. The van der Waals surface area contributed by atoms with Crippen LogP contribution in [0.25, 0.3) is 0 Å². The number of rotatable bonds is 3. The molecule has 1 saturated carbocycles. The van der Waals surface area contributed by atoms with Crippen LogP contribution in [0.3, 0.4) is 0 Å². The number of anilines is 1. The normalized spacial score (nSPS) is 16.2. The fourth-order valence-electron chi connectivity index (χ4n) is 2.44. The van der Waals surface area contributed by atoms with Crippen molar-refractivity contribution in [3.05, 3.63) is 29.8 Å². The minimum Gasteiger partial charge on any atom is -0.334 e. The quantitative estimate of drug-likeness (QED) is 0.884. The summed E-state index contributed by atoms with van der Waals surface area (Å²) >= 11 is 0. The standard InChI is InChI=1S/C15H17N3O2/c1-11(19)17-13-6-4-12(5-7-13)14(20)18-15(10-16)8-2-3-9-15/h4-7H,2-3,8-9H2,1H3,(H,17,19)(H,18,20). The van der Waals surface area contributed by atoms with Crippen LogP contribution in [0.15, 0.2) is 24.3 Å². The van der Waals surface area contributed by atoms with E-state index < -0.39 is 5.54 Å². The highest BCUT2D eigenvalue weighted by Crippen LogP contribution is 2.29. The van der Waals surface area contributed by atoms with E-state index in [9.17, 15) is 14.9 Å². The fraction of sp³-hybridized carbons (Fsp3) is 0.400. The van der Waals surface area contributed by atoms with Crippen LogP contribution in [0.1, 0.15) is 43.0 Å². The molecule has 0 bridgehead atoms. The lowest BCUT2D eigenvalue weighted by atomic mass is 9.99. The first kappa shape index (κ1) is 14.1. The van der Waals surface area contributed by atoms with Crippen LogP contribution in [0.2, 0.25) is 0 Å². The van der Waals surface area contributed by atoms with E-state index in [4.69, 9.17) is 0 Å². The number of nitriles is 1. The van der Waals surface area contributed by atoms with E-state index in [1.165, 1.54) is 6.92 Å². The summed E-state index contributed by atoms with van der Waals surface area (Å²) in [6.45, 7) is 1.43. The molecule has 0 spiro atoms. The summed E-state index contributed by atoms with van der Waals surface area (Å²) in [7, 11) is 0. The number of carbonyl (C=O) groups is 2. The third-order valence-electron chi connectivity index (χ3n) is 3.49. The molecule has 1 aromatic carbocycles. The summed E-state index contributed by atoms with van der Waals surface area (Å²) in [6.07, 6.45) is 3.35. The summed E-state index contributed by atoms with van der Waals surface area (Å²) < 4.78 is 0. The summed E-state index contributed by atoms with van der Waals surface area (Å²) in [5.41, 5.74) is 0.415. The van der Waals surface area contributed by atoms with Crippen molar-refractivity contribution >= 4 is 17.5 Å². The smallest absolute Gasteiger partial charge is 0.252 e. The first-order chi connectivity index (χ1) is 9.54. The predicted molar refractivity (Wildman–Crippen MR) is 75.0 cm³/mol. The Bertz CT molecular complexity index is 551. The molecule has 5 nitrogen and oxygen atoms in total. The molecule has 20 heavy (non-hydrogen) atoms. The molecular formula is C15H17N3O2. The largest absolute Gasteiger partial charge is 0.334 e. The van der Waals surface area contributed by atoms with E-state index in [0.29, 0.717) is 24.1 Å². The molecule has 0 atom stereocenters. The molecule has 0 aliphatic heterocycles.